The molecule has 1 saturated heterocycles. The summed E-state index contributed by atoms with van der Waals surface area (Å²) in [5.74, 6) is -0.425. The lowest BCUT2D eigenvalue weighted by Gasteiger charge is -2.26. The van der Waals surface area contributed by atoms with Crippen molar-refractivity contribution < 1.29 is 19.1 Å². The molecule has 0 spiro atoms. The standard InChI is InChI=1S/C16H21ClN2O4.ClH/c1-13(14-2-4-15(17)5-3-14)18-23-12-16(20)22-11-8-19-6-9-21-10-7-19;/h2-5H,6-12H2,1H3;1H/b18-13+;. The molecule has 1 aromatic rings. The van der Waals surface area contributed by atoms with E-state index in [0.717, 1.165) is 31.9 Å². The topological polar surface area (TPSA) is 60.4 Å². The van der Waals surface area contributed by atoms with Crippen LogP contribution < -0.4 is 0 Å². The van der Waals surface area contributed by atoms with Crippen molar-refractivity contribution in [2.75, 3.05) is 46.1 Å². The molecule has 0 unspecified atom stereocenters. The van der Waals surface area contributed by atoms with Crippen LogP contribution in [0.15, 0.2) is 29.4 Å². The minimum absolute atomic E-state index is 0. The average Bonchev–Trinajstić information content (AvgIpc) is 2.56. The molecule has 0 aliphatic carbocycles. The van der Waals surface area contributed by atoms with Gasteiger partial charge in [-0.15, -0.1) is 12.4 Å². The number of hydrogen-bond acceptors (Lipinski definition) is 6. The molecule has 0 bridgehead atoms. The number of oxime groups is 1. The van der Waals surface area contributed by atoms with Gasteiger partial charge in [0.05, 0.1) is 18.9 Å². The lowest BCUT2D eigenvalue weighted by atomic mass is 10.1. The number of hydrogen-bond donors (Lipinski definition) is 0. The summed E-state index contributed by atoms with van der Waals surface area (Å²) in [6.45, 7) is 5.87. The Balaban J connectivity index is 0.00000288. The molecule has 0 atom stereocenters. The Hall–Kier alpha value is -1.34. The first-order chi connectivity index (χ1) is 11.1. The molecule has 2 rings (SSSR count). The van der Waals surface area contributed by atoms with E-state index in [9.17, 15) is 4.79 Å². The molecule has 0 radical (unpaired) electrons. The first-order valence-electron chi connectivity index (χ1n) is 7.53. The second-order valence-corrected chi connectivity index (χ2v) is 5.57. The van der Waals surface area contributed by atoms with Crippen LogP contribution in [0.25, 0.3) is 0 Å². The van der Waals surface area contributed by atoms with Crippen molar-refractivity contribution in [3.8, 4) is 0 Å². The molecule has 0 aromatic heterocycles. The smallest absolute Gasteiger partial charge is 0.347 e. The molecule has 6 nitrogen and oxygen atoms in total. The van der Waals surface area contributed by atoms with Gasteiger partial charge in [0, 0.05) is 24.7 Å². The predicted molar refractivity (Wildman–Crippen MR) is 95.1 cm³/mol. The summed E-state index contributed by atoms with van der Waals surface area (Å²) < 4.78 is 10.4. The molecule has 1 aromatic carbocycles. The molecule has 0 N–H and O–H groups in total. The Morgan fingerprint density at radius 1 is 1.29 bits per heavy atom. The number of carbonyl (C=O) groups excluding carboxylic acids is 1. The Kier molecular flexibility index (Phi) is 9.71. The van der Waals surface area contributed by atoms with E-state index in [2.05, 4.69) is 10.1 Å². The second kappa shape index (κ2) is 11.3. The van der Waals surface area contributed by atoms with E-state index in [1.54, 1.807) is 19.1 Å². The summed E-state index contributed by atoms with van der Waals surface area (Å²) in [5.41, 5.74) is 1.55. The van der Waals surface area contributed by atoms with Crippen molar-refractivity contribution in [1.82, 2.24) is 4.90 Å². The van der Waals surface area contributed by atoms with Crippen molar-refractivity contribution in [2.45, 2.75) is 6.92 Å². The molecule has 8 heteroatoms. The predicted octanol–water partition coefficient (Wildman–Crippen LogP) is 2.38. The summed E-state index contributed by atoms with van der Waals surface area (Å²) in [6.07, 6.45) is 0. The van der Waals surface area contributed by atoms with Gasteiger partial charge >= 0.3 is 5.97 Å². The molecule has 1 heterocycles. The molecule has 1 aliphatic rings. The summed E-state index contributed by atoms with van der Waals surface area (Å²) in [5, 5.41) is 4.57. The van der Waals surface area contributed by atoms with Crippen LogP contribution in [-0.2, 0) is 19.1 Å². The molecule has 24 heavy (non-hydrogen) atoms. The number of rotatable bonds is 7. The minimum atomic E-state index is -0.425. The van der Waals surface area contributed by atoms with Crippen molar-refractivity contribution in [3.63, 3.8) is 0 Å². The van der Waals surface area contributed by atoms with Crippen LogP contribution in [0.3, 0.4) is 0 Å². The maximum absolute atomic E-state index is 11.6. The normalized spacial score (nSPS) is 15.5. The largest absolute Gasteiger partial charge is 0.462 e. The SMILES string of the molecule is C/C(=N\OCC(=O)OCCN1CCOCC1)c1ccc(Cl)cc1.Cl. The highest BCUT2D eigenvalue weighted by molar-refractivity contribution is 6.30. The van der Waals surface area contributed by atoms with Crippen molar-refractivity contribution in [3.05, 3.63) is 34.9 Å². The van der Waals surface area contributed by atoms with Crippen molar-refractivity contribution in [1.29, 1.82) is 0 Å². The van der Waals surface area contributed by atoms with Gasteiger partial charge in [0.15, 0.2) is 0 Å². The second-order valence-electron chi connectivity index (χ2n) is 5.13. The number of carbonyl (C=O) groups is 1. The first kappa shape index (κ1) is 20.7. The van der Waals surface area contributed by atoms with E-state index in [1.165, 1.54) is 0 Å². The van der Waals surface area contributed by atoms with Crippen LogP contribution in [0.4, 0.5) is 0 Å². The van der Waals surface area contributed by atoms with Gasteiger partial charge in [-0.1, -0.05) is 28.9 Å². The Morgan fingerprint density at radius 2 is 1.96 bits per heavy atom. The monoisotopic (exact) mass is 376 g/mol. The number of ether oxygens (including phenoxy) is 2. The summed E-state index contributed by atoms with van der Waals surface area (Å²) in [7, 11) is 0. The van der Waals surface area contributed by atoms with E-state index >= 15 is 0 Å². The number of benzene rings is 1. The van der Waals surface area contributed by atoms with E-state index in [1.807, 2.05) is 12.1 Å². The van der Waals surface area contributed by atoms with Crippen LogP contribution in [-0.4, -0.2) is 62.6 Å². The molecular weight excluding hydrogens is 355 g/mol. The van der Waals surface area contributed by atoms with Crippen LogP contribution in [0.1, 0.15) is 12.5 Å². The fourth-order valence-corrected chi connectivity index (χ4v) is 2.21. The molecule has 0 amide bonds. The fraction of sp³-hybridized carbons (Fsp3) is 0.500. The number of nitrogens with zero attached hydrogens (tertiary/aromatic N) is 2. The molecule has 1 aliphatic heterocycles. The van der Waals surface area contributed by atoms with E-state index in [-0.39, 0.29) is 19.0 Å². The molecular formula is C16H22Cl2N2O4. The van der Waals surface area contributed by atoms with E-state index in [4.69, 9.17) is 25.9 Å². The van der Waals surface area contributed by atoms with Crippen molar-refractivity contribution in [2.24, 2.45) is 5.16 Å². The van der Waals surface area contributed by atoms with Gasteiger partial charge in [0.25, 0.3) is 0 Å². The first-order valence-corrected chi connectivity index (χ1v) is 7.91. The highest BCUT2D eigenvalue weighted by Crippen LogP contribution is 2.10. The maximum atomic E-state index is 11.6. The van der Waals surface area contributed by atoms with Crippen LogP contribution in [0.2, 0.25) is 5.02 Å². The van der Waals surface area contributed by atoms with Gasteiger partial charge in [-0.3, -0.25) is 4.90 Å². The van der Waals surface area contributed by atoms with Gasteiger partial charge in [-0.25, -0.2) is 4.79 Å². The quantitative estimate of drug-likeness (QED) is 0.415. The highest BCUT2D eigenvalue weighted by atomic mass is 35.5. The molecule has 1 fully saturated rings. The highest BCUT2D eigenvalue weighted by Gasteiger charge is 2.11. The van der Waals surface area contributed by atoms with Crippen LogP contribution >= 0.6 is 24.0 Å². The van der Waals surface area contributed by atoms with E-state index < -0.39 is 5.97 Å². The summed E-state index contributed by atoms with van der Waals surface area (Å²) >= 11 is 5.82. The average molecular weight is 377 g/mol. The minimum Gasteiger partial charge on any atom is -0.462 e. The fourth-order valence-electron chi connectivity index (χ4n) is 2.08. The zero-order valence-corrected chi connectivity index (χ0v) is 15.1. The van der Waals surface area contributed by atoms with Crippen LogP contribution in [0, 0.1) is 0 Å². The van der Waals surface area contributed by atoms with Gasteiger partial charge < -0.3 is 14.3 Å². The Morgan fingerprint density at radius 3 is 2.62 bits per heavy atom. The van der Waals surface area contributed by atoms with Gasteiger partial charge in [0.1, 0.15) is 6.61 Å². The number of esters is 1. The van der Waals surface area contributed by atoms with Gasteiger partial charge in [0.2, 0.25) is 6.61 Å². The molecule has 0 saturated carbocycles. The van der Waals surface area contributed by atoms with Gasteiger partial charge in [-0.2, -0.15) is 0 Å². The zero-order valence-electron chi connectivity index (χ0n) is 13.6. The third kappa shape index (κ3) is 7.49. The lowest BCUT2D eigenvalue weighted by molar-refractivity contribution is -0.149. The molecule has 134 valence electrons. The van der Waals surface area contributed by atoms with Crippen LogP contribution in [0.5, 0.6) is 0 Å². The third-order valence-corrected chi connectivity index (χ3v) is 3.67. The zero-order chi connectivity index (χ0) is 16.5. The summed E-state index contributed by atoms with van der Waals surface area (Å²) in [4.78, 5) is 18.8. The van der Waals surface area contributed by atoms with Crippen molar-refractivity contribution >= 4 is 35.7 Å². The summed E-state index contributed by atoms with van der Waals surface area (Å²) in [6, 6.07) is 7.22. The number of halogens is 2. The Bertz CT molecular complexity index is 531. The third-order valence-electron chi connectivity index (χ3n) is 3.42. The number of morpholine rings is 1. The lowest BCUT2D eigenvalue weighted by Crippen LogP contribution is -2.38. The van der Waals surface area contributed by atoms with E-state index in [0.29, 0.717) is 23.9 Å². The maximum Gasteiger partial charge on any atom is 0.347 e. The Labute approximate surface area is 153 Å². The van der Waals surface area contributed by atoms with Gasteiger partial charge in [-0.05, 0) is 24.6 Å².